The molecule has 2 aliphatic heterocycles. The molecule has 25 heavy (non-hydrogen) atoms. The van der Waals surface area contributed by atoms with E-state index >= 15 is 0 Å². The van der Waals surface area contributed by atoms with Crippen LogP contribution in [0.2, 0.25) is 5.02 Å². The van der Waals surface area contributed by atoms with Gasteiger partial charge in [-0.1, -0.05) is 11.6 Å². The Bertz CT molecular complexity index is 607. The molecule has 2 heterocycles. The smallest absolute Gasteiger partial charge is 0.245 e. The van der Waals surface area contributed by atoms with Crippen LogP contribution in [0.1, 0.15) is 19.3 Å². The van der Waals surface area contributed by atoms with Gasteiger partial charge < -0.3 is 25.7 Å². The third-order valence-corrected chi connectivity index (χ3v) is 5.02. The largest absolute Gasteiger partial charge is 0.390 e. The van der Waals surface area contributed by atoms with Crippen molar-refractivity contribution >= 4 is 23.2 Å². The molecule has 0 radical (unpaired) electrons. The van der Waals surface area contributed by atoms with Crippen molar-refractivity contribution in [2.75, 3.05) is 25.0 Å². The van der Waals surface area contributed by atoms with Crippen LogP contribution in [-0.4, -0.2) is 64.9 Å². The fourth-order valence-electron chi connectivity index (χ4n) is 3.50. The summed E-state index contributed by atoms with van der Waals surface area (Å²) >= 11 is 5.87. The lowest BCUT2D eigenvalue weighted by Crippen LogP contribution is -2.53. The van der Waals surface area contributed by atoms with Gasteiger partial charge in [-0.2, -0.15) is 0 Å². The maximum Gasteiger partial charge on any atom is 0.245 e. The molecule has 4 N–H and O–H groups in total. The lowest BCUT2D eigenvalue weighted by Gasteiger charge is -2.36. The molecule has 2 fully saturated rings. The Hall–Kier alpha value is -1.41. The van der Waals surface area contributed by atoms with E-state index in [1.807, 2.05) is 0 Å². The Morgan fingerprint density at radius 3 is 2.76 bits per heavy atom. The summed E-state index contributed by atoms with van der Waals surface area (Å²) in [6.07, 6.45) is -0.198. The van der Waals surface area contributed by atoms with Crippen LogP contribution in [0.5, 0.6) is 0 Å². The fraction of sp³-hybridized carbons (Fsp3) is 0.588. The molecule has 0 spiro atoms. The molecule has 1 aromatic carbocycles. The van der Waals surface area contributed by atoms with Crippen LogP contribution in [0.15, 0.2) is 18.2 Å². The Morgan fingerprint density at radius 1 is 1.28 bits per heavy atom. The second kappa shape index (κ2) is 7.86. The van der Waals surface area contributed by atoms with Gasteiger partial charge in [-0.15, -0.1) is 0 Å². The molecule has 0 aromatic heterocycles. The van der Waals surface area contributed by atoms with E-state index in [2.05, 4.69) is 10.6 Å². The molecule has 0 saturated carbocycles. The molecule has 3 rings (SSSR count). The van der Waals surface area contributed by atoms with E-state index < -0.39 is 24.1 Å². The summed E-state index contributed by atoms with van der Waals surface area (Å²) in [6, 6.07) is 3.17. The van der Waals surface area contributed by atoms with Gasteiger partial charge in [0, 0.05) is 36.3 Å². The fourth-order valence-corrected chi connectivity index (χ4v) is 3.72. The molecule has 2 saturated heterocycles. The van der Waals surface area contributed by atoms with Crippen molar-refractivity contribution in [1.29, 1.82) is 0 Å². The molecule has 1 aromatic rings. The first-order chi connectivity index (χ1) is 11.9. The van der Waals surface area contributed by atoms with Crippen LogP contribution >= 0.6 is 11.6 Å². The average molecular weight is 372 g/mol. The summed E-state index contributed by atoms with van der Waals surface area (Å²) in [5.41, 5.74) is 0.369. The highest BCUT2D eigenvalue weighted by molar-refractivity contribution is 6.30. The van der Waals surface area contributed by atoms with Crippen LogP contribution in [-0.2, 0) is 4.79 Å². The van der Waals surface area contributed by atoms with Crippen molar-refractivity contribution in [3.8, 4) is 0 Å². The molecule has 6 nitrogen and oxygen atoms in total. The Balaban J connectivity index is 1.81. The number of likely N-dealkylation sites (tertiary alicyclic amines) is 1. The number of β-amino-alcohol motifs (C(OH)–C–C–N with tert-alkyl or cyclic N) is 1. The number of rotatable bonds is 3. The first-order valence-electron chi connectivity index (χ1n) is 8.54. The quantitative estimate of drug-likeness (QED) is 0.636. The monoisotopic (exact) mass is 371 g/mol. The Kier molecular flexibility index (Phi) is 5.78. The third kappa shape index (κ3) is 4.41. The molecular formula is C17H23ClFN3O3. The lowest BCUT2D eigenvalue weighted by molar-refractivity contribution is -0.135. The van der Waals surface area contributed by atoms with Crippen molar-refractivity contribution < 1.29 is 19.4 Å². The summed E-state index contributed by atoms with van der Waals surface area (Å²) in [7, 11) is 0. The van der Waals surface area contributed by atoms with E-state index in [0.29, 0.717) is 12.2 Å². The number of nitrogens with one attached hydrogen (secondary N) is 2. The van der Waals surface area contributed by atoms with E-state index in [4.69, 9.17) is 11.6 Å². The van der Waals surface area contributed by atoms with Gasteiger partial charge in [-0.25, -0.2) is 4.39 Å². The highest BCUT2D eigenvalue weighted by atomic mass is 35.5. The second-order valence-corrected chi connectivity index (χ2v) is 7.15. The molecule has 4 atom stereocenters. The predicted octanol–water partition coefficient (Wildman–Crippen LogP) is 0.966. The van der Waals surface area contributed by atoms with E-state index in [9.17, 15) is 19.4 Å². The molecule has 8 heteroatoms. The van der Waals surface area contributed by atoms with Gasteiger partial charge in [0.2, 0.25) is 5.91 Å². The van der Waals surface area contributed by atoms with E-state index in [0.717, 1.165) is 19.4 Å². The van der Waals surface area contributed by atoms with Gasteiger partial charge in [0.1, 0.15) is 11.9 Å². The highest BCUT2D eigenvalue weighted by Crippen LogP contribution is 2.24. The zero-order chi connectivity index (χ0) is 18.0. The standard InChI is InChI=1S/C17H23ClFN3O3/c18-10-4-11(19)6-12(5-10)21-14-7-15(23)16(24)9-22(17(14)25)13-2-1-3-20-8-13/h4-6,13-16,20-21,23-24H,1-3,7-9H2/t13-,14-,15?,16?/m1/s1. The van der Waals surface area contributed by atoms with E-state index in [1.54, 1.807) is 4.90 Å². The number of carbonyl (C=O) groups excluding carboxylic acids is 1. The van der Waals surface area contributed by atoms with Crippen LogP contribution in [0.25, 0.3) is 0 Å². The molecule has 2 aliphatic rings. The number of piperidine rings is 1. The number of halogens is 2. The van der Waals surface area contributed by atoms with Crippen molar-refractivity contribution in [2.24, 2.45) is 0 Å². The van der Waals surface area contributed by atoms with Gasteiger partial charge >= 0.3 is 0 Å². The zero-order valence-electron chi connectivity index (χ0n) is 13.8. The second-order valence-electron chi connectivity index (χ2n) is 6.72. The normalized spacial score (nSPS) is 30.9. The van der Waals surface area contributed by atoms with Gasteiger partial charge in [0.05, 0.1) is 12.2 Å². The first-order valence-corrected chi connectivity index (χ1v) is 8.92. The molecule has 1 amide bonds. The van der Waals surface area contributed by atoms with Gasteiger partial charge in [-0.05, 0) is 37.6 Å². The maximum absolute atomic E-state index is 13.5. The summed E-state index contributed by atoms with van der Waals surface area (Å²) in [6.45, 7) is 1.66. The number of hydrogen-bond donors (Lipinski definition) is 4. The summed E-state index contributed by atoms with van der Waals surface area (Å²) in [5.74, 6) is -0.713. The maximum atomic E-state index is 13.5. The minimum atomic E-state index is -1.04. The SMILES string of the molecule is O=C1[C@H](Nc2cc(F)cc(Cl)c2)CC(O)C(O)CN1[C@@H]1CCCNC1. The van der Waals surface area contributed by atoms with Gasteiger partial charge in [-0.3, -0.25) is 4.79 Å². The van der Waals surface area contributed by atoms with Crippen molar-refractivity contribution in [2.45, 2.75) is 43.6 Å². The minimum absolute atomic E-state index is 0.0263. The van der Waals surface area contributed by atoms with Crippen molar-refractivity contribution in [3.05, 3.63) is 29.0 Å². The number of nitrogens with zero attached hydrogens (tertiary/aromatic N) is 1. The highest BCUT2D eigenvalue weighted by Gasteiger charge is 2.38. The third-order valence-electron chi connectivity index (χ3n) is 4.80. The average Bonchev–Trinajstić information content (AvgIpc) is 2.67. The Labute approximate surface area is 151 Å². The van der Waals surface area contributed by atoms with Crippen molar-refractivity contribution in [1.82, 2.24) is 10.2 Å². The number of aliphatic hydroxyl groups is 2. The number of carbonyl (C=O) groups is 1. The van der Waals surface area contributed by atoms with Gasteiger partial charge in [0.15, 0.2) is 0 Å². The van der Waals surface area contributed by atoms with Crippen molar-refractivity contribution in [3.63, 3.8) is 0 Å². The van der Waals surface area contributed by atoms with Crippen LogP contribution in [0.3, 0.4) is 0 Å². The van der Waals surface area contributed by atoms with Crippen LogP contribution in [0.4, 0.5) is 10.1 Å². The summed E-state index contributed by atoms with van der Waals surface area (Å²) < 4.78 is 13.5. The predicted molar refractivity (Wildman–Crippen MR) is 93.1 cm³/mol. The molecule has 2 unspecified atom stereocenters. The molecule has 0 aliphatic carbocycles. The van der Waals surface area contributed by atoms with E-state index in [1.165, 1.54) is 18.2 Å². The lowest BCUT2D eigenvalue weighted by atomic mass is 10.0. The number of anilines is 1. The minimum Gasteiger partial charge on any atom is -0.390 e. The number of benzene rings is 1. The summed E-state index contributed by atoms with van der Waals surface area (Å²) in [4.78, 5) is 14.6. The zero-order valence-corrected chi connectivity index (χ0v) is 14.5. The van der Waals surface area contributed by atoms with Crippen LogP contribution in [0, 0.1) is 5.82 Å². The molecule has 138 valence electrons. The number of hydrogen-bond acceptors (Lipinski definition) is 5. The number of aliphatic hydroxyl groups excluding tert-OH is 2. The first kappa shape index (κ1) is 18.4. The summed E-state index contributed by atoms with van der Waals surface area (Å²) in [5, 5.41) is 26.8. The van der Waals surface area contributed by atoms with Crippen LogP contribution < -0.4 is 10.6 Å². The molecular weight excluding hydrogens is 349 g/mol. The van der Waals surface area contributed by atoms with Gasteiger partial charge in [0.25, 0.3) is 0 Å². The Morgan fingerprint density at radius 2 is 2.08 bits per heavy atom. The topological polar surface area (TPSA) is 84.8 Å². The molecule has 0 bridgehead atoms. The van der Waals surface area contributed by atoms with E-state index in [-0.39, 0.29) is 29.9 Å². The number of amides is 1.